The summed E-state index contributed by atoms with van der Waals surface area (Å²) in [5.74, 6) is 0. The van der Waals surface area contributed by atoms with Crippen molar-refractivity contribution in [3.63, 3.8) is 0 Å². The Morgan fingerprint density at radius 1 is 1.19 bits per heavy atom. The monoisotopic (exact) mass is 408 g/mol. The van der Waals surface area contributed by atoms with E-state index in [1.54, 1.807) is 6.07 Å². The molecule has 0 saturated carbocycles. The Morgan fingerprint density at radius 3 is 2.48 bits per heavy atom. The summed E-state index contributed by atoms with van der Waals surface area (Å²) in [6, 6.07) is 9.98. The van der Waals surface area contributed by atoms with Crippen LogP contribution in [0.3, 0.4) is 0 Å². The molecule has 0 fully saturated rings. The normalized spacial score (nSPS) is 11.6. The fourth-order valence-electron chi connectivity index (χ4n) is 1.75. The maximum absolute atomic E-state index is 12.3. The Morgan fingerprint density at radius 2 is 1.86 bits per heavy atom. The number of anilines is 1. The van der Waals surface area contributed by atoms with E-state index in [1.165, 1.54) is 12.1 Å². The summed E-state index contributed by atoms with van der Waals surface area (Å²) in [7, 11) is -3.84. The van der Waals surface area contributed by atoms with Gasteiger partial charge in [0.15, 0.2) is 0 Å². The molecule has 0 spiro atoms. The van der Waals surface area contributed by atoms with E-state index in [9.17, 15) is 8.42 Å². The molecule has 0 aliphatic heterocycles. The van der Waals surface area contributed by atoms with Gasteiger partial charge in [0.1, 0.15) is 4.90 Å². The fraction of sp³-hybridized carbons (Fsp3) is 0.0769. The minimum absolute atomic E-state index is 0.00660. The molecule has 112 valence electrons. The number of hydrogen-bond donors (Lipinski definition) is 2. The van der Waals surface area contributed by atoms with Gasteiger partial charge in [-0.1, -0.05) is 57.3 Å². The molecule has 4 nitrogen and oxygen atoms in total. The summed E-state index contributed by atoms with van der Waals surface area (Å²) in [6.45, 7) is 0.113. The van der Waals surface area contributed by atoms with E-state index < -0.39 is 10.0 Å². The van der Waals surface area contributed by atoms with E-state index in [4.69, 9.17) is 28.9 Å². The zero-order chi connectivity index (χ0) is 15.6. The number of halogens is 3. The van der Waals surface area contributed by atoms with E-state index in [2.05, 4.69) is 20.7 Å². The van der Waals surface area contributed by atoms with Crippen molar-refractivity contribution in [3.05, 3.63) is 56.5 Å². The van der Waals surface area contributed by atoms with Crippen LogP contribution in [0.25, 0.3) is 0 Å². The third-order valence-corrected chi connectivity index (χ3v) is 5.64. The molecule has 2 aromatic rings. The number of nitrogens with two attached hydrogens (primary N) is 1. The molecular weight excluding hydrogens is 399 g/mol. The molecule has 0 heterocycles. The molecule has 0 atom stereocenters. The van der Waals surface area contributed by atoms with Crippen molar-refractivity contribution in [1.82, 2.24) is 4.72 Å². The molecule has 0 aliphatic carbocycles. The third-order valence-electron chi connectivity index (χ3n) is 2.72. The first kappa shape index (κ1) is 16.6. The van der Waals surface area contributed by atoms with Crippen LogP contribution in [-0.4, -0.2) is 8.42 Å². The molecule has 3 N–H and O–H groups in total. The van der Waals surface area contributed by atoms with Gasteiger partial charge in [-0.05, 0) is 23.8 Å². The van der Waals surface area contributed by atoms with Crippen LogP contribution in [-0.2, 0) is 16.6 Å². The molecule has 2 aromatic carbocycles. The quantitative estimate of drug-likeness (QED) is 0.754. The average Bonchev–Trinajstić information content (AvgIpc) is 2.36. The predicted octanol–water partition coefficient (Wildman–Crippen LogP) is 3.82. The molecule has 0 saturated heterocycles. The Balaban J connectivity index is 2.30. The van der Waals surface area contributed by atoms with Crippen LogP contribution >= 0.6 is 39.1 Å². The smallest absolute Gasteiger partial charge is 0.244 e. The molecule has 0 aliphatic rings. The fourth-order valence-corrected chi connectivity index (χ4v) is 4.16. The van der Waals surface area contributed by atoms with Gasteiger partial charge in [0.05, 0.1) is 10.7 Å². The van der Waals surface area contributed by atoms with Crippen LogP contribution in [0.2, 0.25) is 10.0 Å². The van der Waals surface area contributed by atoms with Crippen molar-refractivity contribution in [2.45, 2.75) is 11.4 Å². The van der Waals surface area contributed by atoms with Crippen LogP contribution in [0.4, 0.5) is 5.69 Å². The second-order valence-electron chi connectivity index (χ2n) is 4.22. The lowest BCUT2D eigenvalue weighted by Crippen LogP contribution is -2.24. The van der Waals surface area contributed by atoms with Crippen LogP contribution in [0.15, 0.2) is 45.8 Å². The first-order valence-electron chi connectivity index (χ1n) is 5.79. The Hall–Kier alpha value is -0.790. The summed E-state index contributed by atoms with van der Waals surface area (Å²) in [5, 5.41) is 0.266. The van der Waals surface area contributed by atoms with E-state index in [1.807, 2.05) is 18.2 Å². The van der Waals surface area contributed by atoms with Gasteiger partial charge in [0.2, 0.25) is 10.0 Å². The number of sulfonamides is 1. The van der Waals surface area contributed by atoms with Gasteiger partial charge in [-0.3, -0.25) is 0 Å². The van der Waals surface area contributed by atoms with Crippen molar-refractivity contribution in [2.24, 2.45) is 0 Å². The Labute approximate surface area is 141 Å². The minimum Gasteiger partial charge on any atom is -0.398 e. The van der Waals surface area contributed by atoms with Crippen molar-refractivity contribution in [2.75, 3.05) is 5.73 Å². The molecule has 0 aromatic heterocycles. The SMILES string of the molecule is Nc1cc(Cl)cc(Cl)c1S(=O)(=O)NCc1ccccc1Br. The average molecular weight is 410 g/mol. The third kappa shape index (κ3) is 3.90. The predicted molar refractivity (Wildman–Crippen MR) is 89.0 cm³/mol. The van der Waals surface area contributed by atoms with Gasteiger partial charge >= 0.3 is 0 Å². The molecule has 0 radical (unpaired) electrons. The number of hydrogen-bond acceptors (Lipinski definition) is 3. The summed E-state index contributed by atoms with van der Waals surface area (Å²) in [4.78, 5) is -0.166. The second-order valence-corrected chi connectivity index (χ2v) is 7.62. The largest absolute Gasteiger partial charge is 0.398 e. The molecule has 0 bridgehead atoms. The van der Waals surface area contributed by atoms with Crippen LogP contribution in [0.5, 0.6) is 0 Å². The molecule has 21 heavy (non-hydrogen) atoms. The molecular formula is C13H11BrCl2N2O2S. The van der Waals surface area contributed by atoms with Crippen molar-refractivity contribution < 1.29 is 8.42 Å². The van der Waals surface area contributed by atoms with Gasteiger partial charge in [0, 0.05) is 16.0 Å². The first-order chi connectivity index (χ1) is 9.81. The lowest BCUT2D eigenvalue weighted by Gasteiger charge is -2.12. The molecule has 8 heteroatoms. The molecule has 2 rings (SSSR count). The van der Waals surface area contributed by atoms with Gasteiger partial charge in [-0.25, -0.2) is 13.1 Å². The standard InChI is InChI=1S/C13H11BrCl2N2O2S/c14-10-4-2-1-3-8(10)7-18-21(19,20)13-11(16)5-9(15)6-12(13)17/h1-6,18H,7,17H2. The summed E-state index contributed by atoms with van der Waals surface area (Å²) in [5.41, 5.74) is 6.51. The van der Waals surface area contributed by atoms with Gasteiger partial charge in [-0.15, -0.1) is 0 Å². The van der Waals surface area contributed by atoms with Crippen LogP contribution < -0.4 is 10.5 Å². The lowest BCUT2D eigenvalue weighted by molar-refractivity contribution is 0.581. The van der Waals surface area contributed by atoms with Gasteiger partial charge in [0.25, 0.3) is 0 Å². The minimum atomic E-state index is -3.84. The Bertz CT molecular complexity index is 758. The number of nitrogens with one attached hydrogen (secondary N) is 1. The van der Waals surface area contributed by atoms with E-state index in [0.29, 0.717) is 0 Å². The zero-order valence-electron chi connectivity index (χ0n) is 10.6. The lowest BCUT2D eigenvalue weighted by atomic mass is 10.2. The number of nitrogen functional groups attached to an aromatic ring is 1. The summed E-state index contributed by atoms with van der Waals surface area (Å²) < 4.78 is 27.9. The van der Waals surface area contributed by atoms with Gasteiger partial charge < -0.3 is 5.73 Å². The van der Waals surface area contributed by atoms with E-state index in [-0.39, 0.29) is 27.2 Å². The molecule has 0 unspecified atom stereocenters. The summed E-state index contributed by atoms with van der Waals surface area (Å²) >= 11 is 15.1. The van der Waals surface area contributed by atoms with Crippen molar-refractivity contribution in [1.29, 1.82) is 0 Å². The highest BCUT2D eigenvalue weighted by Crippen LogP contribution is 2.31. The maximum Gasteiger partial charge on any atom is 0.244 e. The highest BCUT2D eigenvalue weighted by atomic mass is 79.9. The van der Waals surface area contributed by atoms with Crippen LogP contribution in [0, 0.1) is 0 Å². The van der Waals surface area contributed by atoms with E-state index >= 15 is 0 Å². The highest BCUT2D eigenvalue weighted by Gasteiger charge is 2.22. The Kier molecular flexibility index (Phi) is 5.16. The van der Waals surface area contributed by atoms with E-state index in [0.717, 1.165) is 10.0 Å². The first-order valence-corrected chi connectivity index (χ1v) is 8.82. The van der Waals surface area contributed by atoms with Crippen LogP contribution in [0.1, 0.15) is 5.56 Å². The second kappa shape index (κ2) is 6.54. The van der Waals surface area contributed by atoms with Crippen molar-refractivity contribution >= 4 is 54.8 Å². The number of rotatable bonds is 4. The zero-order valence-corrected chi connectivity index (χ0v) is 14.5. The summed E-state index contributed by atoms with van der Waals surface area (Å²) in [6.07, 6.45) is 0. The maximum atomic E-state index is 12.3. The topological polar surface area (TPSA) is 72.2 Å². The molecule has 0 amide bonds. The number of benzene rings is 2. The van der Waals surface area contributed by atoms with Gasteiger partial charge in [-0.2, -0.15) is 0 Å². The van der Waals surface area contributed by atoms with Crippen molar-refractivity contribution in [3.8, 4) is 0 Å². The highest BCUT2D eigenvalue weighted by molar-refractivity contribution is 9.10.